The summed E-state index contributed by atoms with van der Waals surface area (Å²) < 4.78 is 0. The van der Waals surface area contributed by atoms with E-state index in [0.29, 0.717) is 0 Å². The van der Waals surface area contributed by atoms with Crippen LogP contribution in [-0.4, -0.2) is 21.6 Å². The third-order valence-electron chi connectivity index (χ3n) is 3.97. The lowest BCUT2D eigenvalue weighted by molar-refractivity contribution is -0.128. The largest absolute Gasteiger partial charge is 0.389 e. The van der Waals surface area contributed by atoms with Crippen LogP contribution in [0.25, 0.3) is 0 Å². The first-order valence-corrected chi connectivity index (χ1v) is 8.36. The zero-order chi connectivity index (χ0) is 14.6. The summed E-state index contributed by atoms with van der Waals surface area (Å²) in [6.45, 7) is 4.02. The second-order valence-electron chi connectivity index (χ2n) is 5.77. The summed E-state index contributed by atoms with van der Waals surface area (Å²) in [5, 5.41) is 16.4. The Morgan fingerprint density at radius 2 is 2.20 bits per heavy atom. The summed E-state index contributed by atoms with van der Waals surface area (Å²) in [7, 11) is 0. The van der Waals surface area contributed by atoms with Gasteiger partial charge in [-0.15, -0.1) is 11.3 Å². The Morgan fingerprint density at radius 1 is 1.50 bits per heavy atom. The van der Waals surface area contributed by atoms with Gasteiger partial charge in [-0.25, -0.2) is 4.98 Å². The van der Waals surface area contributed by atoms with Gasteiger partial charge in [0.1, 0.15) is 0 Å². The summed E-state index contributed by atoms with van der Waals surface area (Å²) in [5.41, 5.74) is 0.120. The highest BCUT2D eigenvalue weighted by Gasteiger charge is 2.32. The van der Waals surface area contributed by atoms with Crippen LogP contribution in [0.4, 0.5) is 0 Å². The standard InChI is InChI=1S/C15H24N2O2S/c1-3-14-17-12(10-20-14)11(2)16-13(18)9-15(19)7-5-4-6-8-15/h10-11,19H,3-9H2,1-2H3,(H,16,18). The van der Waals surface area contributed by atoms with Gasteiger partial charge in [-0.05, 0) is 26.2 Å². The number of aryl methyl sites for hydroxylation is 1. The van der Waals surface area contributed by atoms with E-state index >= 15 is 0 Å². The van der Waals surface area contributed by atoms with E-state index in [1.165, 1.54) is 6.42 Å². The topological polar surface area (TPSA) is 62.2 Å². The van der Waals surface area contributed by atoms with Gasteiger partial charge in [-0.2, -0.15) is 0 Å². The second kappa shape index (κ2) is 6.68. The molecule has 2 N–H and O–H groups in total. The van der Waals surface area contributed by atoms with E-state index < -0.39 is 5.60 Å². The molecule has 1 saturated carbocycles. The molecule has 0 aliphatic heterocycles. The second-order valence-corrected chi connectivity index (χ2v) is 6.71. The van der Waals surface area contributed by atoms with E-state index in [0.717, 1.165) is 42.8 Å². The highest BCUT2D eigenvalue weighted by Crippen LogP contribution is 2.31. The van der Waals surface area contributed by atoms with E-state index in [4.69, 9.17) is 0 Å². The molecule has 1 atom stereocenters. The van der Waals surface area contributed by atoms with E-state index in [1.54, 1.807) is 11.3 Å². The highest BCUT2D eigenvalue weighted by atomic mass is 32.1. The zero-order valence-electron chi connectivity index (χ0n) is 12.3. The number of aromatic nitrogens is 1. The van der Waals surface area contributed by atoms with Crippen molar-refractivity contribution in [3.63, 3.8) is 0 Å². The van der Waals surface area contributed by atoms with Crippen LogP contribution in [0.2, 0.25) is 0 Å². The van der Waals surface area contributed by atoms with Crippen molar-refractivity contribution in [2.24, 2.45) is 0 Å². The van der Waals surface area contributed by atoms with E-state index in [1.807, 2.05) is 12.3 Å². The number of hydrogen-bond acceptors (Lipinski definition) is 4. The van der Waals surface area contributed by atoms with Crippen LogP contribution >= 0.6 is 11.3 Å². The van der Waals surface area contributed by atoms with Crippen molar-refractivity contribution >= 4 is 17.2 Å². The molecular formula is C15H24N2O2S. The van der Waals surface area contributed by atoms with E-state index in [2.05, 4.69) is 17.2 Å². The smallest absolute Gasteiger partial charge is 0.223 e. The van der Waals surface area contributed by atoms with Crippen LogP contribution in [-0.2, 0) is 11.2 Å². The first-order chi connectivity index (χ1) is 9.52. The van der Waals surface area contributed by atoms with Crippen LogP contribution in [0.1, 0.15) is 69.1 Å². The molecule has 112 valence electrons. The summed E-state index contributed by atoms with van der Waals surface area (Å²) in [6, 6.07) is -0.0914. The monoisotopic (exact) mass is 296 g/mol. The molecular weight excluding hydrogens is 272 g/mol. The first kappa shape index (κ1) is 15.4. The third kappa shape index (κ3) is 4.03. The molecule has 4 nitrogen and oxygen atoms in total. The van der Waals surface area contributed by atoms with Crippen LogP contribution in [0.15, 0.2) is 5.38 Å². The number of carbonyl (C=O) groups excluding carboxylic acids is 1. The normalized spacial score (nSPS) is 19.6. The van der Waals surface area contributed by atoms with Gasteiger partial charge in [0.2, 0.25) is 5.91 Å². The summed E-state index contributed by atoms with van der Waals surface area (Å²) in [6.07, 6.45) is 5.82. The number of hydrogen-bond donors (Lipinski definition) is 2. The van der Waals surface area contributed by atoms with Gasteiger partial charge in [-0.3, -0.25) is 4.79 Å². The van der Waals surface area contributed by atoms with Crippen LogP contribution < -0.4 is 5.32 Å². The third-order valence-corrected chi connectivity index (χ3v) is 4.98. The Morgan fingerprint density at radius 3 is 2.80 bits per heavy atom. The molecule has 1 aliphatic rings. The number of amides is 1. The Kier molecular flexibility index (Phi) is 5.16. The van der Waals surface area contributed by atoms with Gasteiger partial charge < -0.3 is 10.4 Å². The van der Waals surface area contributed by atoms with Crippen molar-refractivity contribution in [3.05, 3.63) is 16.1 Å². The fourth-order valence-electron chi connectivity index (χ4n) is 2.74. The van der Waals surface area contributed by atoms with Gasteiger partial charge >= 0.3 is 0 Å². The predicted octanol–water partition coefficient (Wildman–Crippen LogP) is 2.97. The lowest BCUT2D eigenvalue weighted by Crippen LogP contribution is -2.39. The number of thiazole rings is 1. The Labute approximate surface area is 124 Å². The van der Waals surface area contributed by atoms with E-state index in [9.17, 15) is 9.90 Å². The fourth-order valence-corrected chi connectivity index (χ4v) is 3.58. The molecule has 1 unspecified atom stereocenters. The number of nitrogens with zero attached hydrogens (tertiary/aromatic N) is 1. The van der Waals surface area contributed by atoms with E-state index in [-0.39, 0.29) is 18.4 Å². The molecule has 0 aromatic carbocycles. The predicted molar refractivity (Wildman–Crippen MR) is 80.7 cm³/mol. The Balaban J connectivity index is 1.87. The number of aliphatic hydroxyl groups is 1. The molecule has 0 spiro atoms. The molecule has 1 amide bonds. The van der Waals surface area contributed by atoms with Crippen LogP contribution in [0.3, 0.4) is 0 Å². The first-order valence-electron chi connectivity index (χ1n) is 7.48. The summed E-state index contributed by atoms with van der Waals surface area (Å²) in [4.78, 5) is 16.6. The molecule has 0 radical (unpaired) electrons. The minimum absolute atomic E-state index is 0.0760. The number of carbonyl (C=O) groups is 1. The van der Waals surface area contributed by atoms with Gasteiger partial charge in [0, 0.05) is 5.38 Å². The van der Waals surface area contributed by atoms with Crippen molar-refractivity contribution < 1.29 is 9.90 Å². The molecule has 1 heterocycles. The van der Waals surface area contributed by atoms with Gasteiger partial charge in [0.05, 0.1) is 28.8 Å². The molecule has 0 bridgehead atoms. The van der Waals surface area contributed by atoms with Crippen molar-refractivity contribution in [2.45, 2.75) is 70.4 Å². The molecule has 1 aromatic rings. The molecule has 5 heteroatoms. The molecule has 20 heavy (non-hydrogen) atoms. The molecule has 1 aromatic heterocycles. The Bertz CT molecular complexity index is 452. The summed E-state index contributed by atoms with van der Waals surface area (Å²) in [5.74, 6) is -0.0760. The van der Waals surface area contributed by atoms with Gasteiger partial charge in [0.25, 0.3) is 0 Å². The number of rotatable bonds is 5. The van der Waals surface area contributed by atoms with Crippen molar-refractivity contribution in [1.82, 2.24) is 10.3 Å². The van der Waals surface area contributed by atoms with Crippen molar-refractivity contribution in [1.29, 1.82) is 0 Å². The average Bonchev–Trinajstić information content (AvgIpc) is 2.87. The molecule has 0 saturated heterocycles. The number of nitrogens with one attached hydrogen (secondary N) is 1. The zero-order valence-corrected chi connectivity index (χ0v) is 13.1. The molecule has 1 aliphatic carbocycles. The minimum Gasteiger partial charge on any atom is -0.389 e. The van der Waals surface area contributed by atoms with Crippen molar-refractivity contribution in [3.8, 4) is 0 Å². The van der Waals surface area contributed by atoms with Crippen LogP contribution in [0, 0.1) is 0 Å². The average molecular weight is 296 g/mol. The highest BCUT2D eigenvalue weighted by molar-refractivity contribution is 7.09. The molecule has 1 fully saturated rings. The van der Waals surface area contributed by atoms with Crippen molar-refractivity contribution in [2.75, 3.05) is 0 Å². The summed E-state index contributed by atoms with van der Waals surface area (Å²) >= 11 is 1.63. The maximum atomic E-state index is 12.1. The maximum Gasteiger partial charge on any atom is 0.223 e. The fraction of sp³-hybridized carbons (Fsp3) is 0.733. The van der Waals surface area contributed by atoms with Gasteiger partial charge in [0.15, 0.2) is 0 Å². The van der Waals surface area contributed by atoms with Gasteiger partial charge in [-0.1, -0.05) is 26.2 Å². The van der Waals surface area contributed by atoms with Crippen LogP contribution in [0.5, 0.6) is 0 Å². The SMILES string of the molecule is CCc1nc(C(C)NC(=O)CC2(O)CCCCC2)cs1. The quantitative estimate of drug-likeness (QED) is 0.878. The molecule has 2 rings (SSSR count). The minimum atomic E-state index is -0.793. The lowest BCUT2D eigenvalue weighted by Gasteiger charge is -2.31. The Hall–Kier alpha value is -0.940. The lowest BCUT2D eigenvalue weighted by atomic mass is 9.82. The maximum absolute atomic E-state index is 12.1.